The van der Waals surface area contributed by atoms with Crippen molar-refractivity contribution in [1.82, 2.24) is 35.3 Å². The third-order valence-electron chi connectivity index (χ3n) is 5.12. The minimum atomic E-state index is -0.210. The van der Waals surface area contributed by atoms with E-state index >= 15 is 0 Å². The van der Waals surface area contributed by atoms with E-state index in [1.54, 1.807) is 36.7 Å². The molecule has 11 heteroatoms. The number of nitrogens with one attached hydrogen (secondary N) is 1. The maximum absolute atomic E-state index is 12.1. The fourth-order valence-corrected chi connectivity index (χ4v) is 3.45. The summed E-state index contributed by atoms with van der Waals surface area (Å²) in [5.74, 6) is 1.29. The smallest absolute Gasteiger partial charge is 0.252 e. The molecule has 172 valence electrons. The maximum atomic E-state index is 12.1. The van der Waals surface area contributed by atoms with E-state index in [1.807, 2.05) is 24.3 Å². The number of nitrogens with zero attached hydrogens (tertiary/aromatic N) is 6. The Morgan fingerprint density at radius 3 is 2.74 bits per heavy atom. The Labute approximate surface area is 193 Å². The van der Waals surface area contributed by atoms with Crippen molar-refractivity contribution in [3.8, 4) is 17.4 Å². The first kappa shape index (κ1) is 21.5. The molecule has 0 aliphatic carbocycles. The SMILES string of the molecule is COCCNC(=O)c1ccc(COc2nn3c(-c4cc(C)on4)nnc3c3ccccc23)nc1. The maximum Gasteiger partial charge on any atom is 0.252 e. The highest BCUT2D eigenvalue weighted by molar-refractivity contribution is 5.97. The molecule has 0 fully saturated rings. The van der Waals surface area contributed by atoms with Crippen LogP contribution < -0.4 is 10.1 Å². The van der Waals surface area contributed by atoms with Crippen LogP contribution in [-0.4, -0.2) is 56.1 Å². The van der Waals surface area contributed by atoms with Gasteiger partial charge < -0.3 is 19.3 Å². The Morgan fingerprint density at radius 2 is 2.00 bits per heavy atom. The predicted molar refractivity (Wildman–Crippen MR) is 121 cm³/mol. The van der Waals surface area contributed by atoms with Crippen LogP contribution in [0.1, 0.15) is 21.8 Å². The number of methoxy groups -OCH3 is 1. The van der Waals surface area contributed by atoms with Crippen LogP contribution in [0.3, 0.4) is 0 Å². The largest absolute Gasteiger partial charge is 0.470 e. The number of rotatable bonds is 8. The fourth-order valence-electron chi connectivity index (χ4n) is 3.45. The number of amides is 1. The summed E-state index contributed by atoms with van der Waals surface area (Å²) >= 11 is 0. The van der Waals surface area contributed by atoms with Crippen LogP contribution >= 0.6 is 0 Å². The van der Waals surface area contributed by atoms with E-state index in [2.05, 4.69) is 30.8 Å². The summed E-state index contributed by atoms with van der Waals surface area (Å²) in [6, 6.07) is 12.9. The quantitative estimate of drug-likeness (QED) is 0.348. The molecule has 0 atom stereocenters. The van der Waals surface area contributed by atoms with E-state index < -0.39 is 0 Å². The Morgan fingerprint density at radius 1 is 1.15 bits per heavy atom. The first-order chi connectivity index (χ1) is 16.6. The first-order valence-electron chi connectivity index (χ1n) is 10.6. The molecule has 4 aromatic heterocycles. The second-order valence-electron chi connectivity index (χ2n) is 7.51. The number of fused-ring (bicyclic) bond motifs is 3. The number of aryl methyl sites for hydroxylation is 1. The van der Waals surface area contributed by atoms with Crippen LogP contribution in [0.4, 0.5) is 0 Å². The Hall–Kier alpha value is -4.38. The molecular weight excluding hydrogens is 438 g/mol. The van der Waals surface area contributed by atoms with Gasteiger partial charge in [0.1, 0.15) is 12.4 Å². The monoisotopic (exact) mass is 459 g/mol. The third kappa shape index (κ3) is 4.16. The van der Waals surface area contributed by atoms with E-state index in [4.69, 9.17) is 14.0 Å². The highest BCUT2D eigenvalue weighted by atomic mass is 16.5. The number of carbonyl (C=O) groups excluding carboxylic acids is 1. The normalized spacial score (nSPS) is 11.2. The van der Waals surface area contributed by atoms with Gasteiger partial charge in [-0.3, -0.25) is 9.78 Å². The molecule has 5 aromatic rings. The summed E-state index contributed by atoms with van der Waals surface area (Å²) in [4.78, 5) is 16.5. The van der Waals surface area contributed by atoms with Crippen LogP contribution in [0.15, 0.2) is 53.2 Å². The predicted octanol–water partition coefficient (Wildman–Crippen LogP) is 2.59. The van der Waals surface area contributed by atoms with Gasteiger partial charge >= 0.3 is 0 Å². The zero-order chi connectivity index (χ0) is 23.5. The van der Waals surface area contributed by atoms with Crippen molar-refractivity contribution >= 4 is 22.3 Å². The number of aromatic nitrogens is 6. The second kappa shape index (κ2) is 9.24. The summed E-state index contributed by atoms with van der Waals surface area (Å²) in [5, 5.41) is 21.6. The van der Waals surface area contributed by atoms with Gasteiger partial charge in [0.2, 0.25) is 11.7 Å². The van der Waals surface area contributed by atoms with Crippen LogP contribution in [0, 0.1) is 6.92 Å². The van der Waals surface area contributed by atoms with E-state index in [-0.39, 0.29) is 12.5 Å². The zero-order valence-electron chi connectivity index (χ0n) is 18.6. The van der Waals surface area contributed by atoms with Gasteiger partial charge in [0.25, 0.3) is 5.91 Å². The molecule has 11 nitrogen and oxygen atoms in total. The third-order valence-corrected chi connectivity index (χ3v) is 5.12. The Balaban J connectivity index is 1.41. The van der Waals surface area contributed by atoms with Gasteiger partial charge in [-0.1, -0.05) is 23.4 Å². The van der Waals surface area contributed by atoms with Crippen molar-refractivity contribution in [3.05, 3.63) is 65.7 Å². The van der Waals surface area contributed by atoms with Crippen molar-refractivity contribution in [2.75, 3.05) is 20.3 Å². The standard InChI is InChI=1S/C23H21N7O4/c1-14-11-19(29-34-14)21-27-26-20-17-5-3-4-6-18(17)23(28-30(20)21)33-13-16-8-7-15(12-25-16)22(31)24-9-10-32-2/h3-8,11-12H,9-10,13H2,1-2H3,(H,24,31). The minimum Gasteiger partial charge on any atom is -0.470 e. The fraction of sp³-hybridized carbons (Fsp3) is 0.217. The van der Waals surface area contributed by atoms with Crippen LogP contribution in [0.5, 0.6) is 5.88 Å². The van der Waals surface area contributed by atoms with Gasteiger partial charge in [-0.25, -0.2) is 0 Å². The summed E-state index contributed by atoms with van der Waals surface area (Å²) in [7, 11) is 1.58. The lowest BCUT2D eigenvalue weighted by Crippen LogP contribution is -2.27. The number of hydrogen-bond donors (Lipinski definition) is 1. The first-order valence-corrected chi connectivity index (χ1v) is 10.6. The van der Waals surface area contributed by atoms with Crippen LogP contribution in [0.25, 0.3) is 27.9 Å². The highest BCUT2D eigenvalue weighted by Crippen LogP contribution is 2.29. The molecule has 1 N–H and O–H groups in total. The molecule has 0 saturated heterocycles. The van der Waals surface area contributed by atoms with Gasteiger partial charge in [0, 0.05) is 36.7 Å². The minimum absolute atomic E-state index is 0.161. The molecular formula is C23H21N7O4. The lowest BCUT2D eigenvalue weighted by atomic mass is 10.2. The molecule has 0 unspecified atom stereocenters. The summed E-state index contributed by atoms with van der Waals surface area (Å²) < 4.78 is 17.8. The van der Waals surface area contributed by atoms with Crippen molar-refractivity contribution in [2.24, 2.45) is 0 Å². The number of carbonyl (C=O) groups is 1. The highest BCUT2D eigenvalue weighted by Gasteiger charge is 2.18. The van der Waals surface area contributed by atoms with E-state index in [9.17, 15) is 4.79 Å². The topological polar surface area (TPSA) is 130 Å². The van der Waals surface area contributed by atoms with Gasteiger partial charge in [-0.05, 0) is 25.1 Å². The molecule has 0 spiro atoms. The molecule has 0 aliphatic heterocycles. The van der Waals surface area contributed by atoms with Gasteiger partial charge in [0.05, 0.1) is 17.9 Å². The molecule has 1 amide bonds. The Kier molecular flexibility index (Phi) is 5.83. The van der Waals surface area contributed by atoms with E-state index in [1.165, 1.54) is 6.20 Å². The number of pyridine rings is 1. The average Bonchev–Trinajstić information content (AvgIpc) is 3.49. The molecule has 0 saturated carbocycles. The molecule has 1 aromatic carbocycles. The van der Waals surface area contributed by atoms with Crippen molar-refractivity contribution in [2.45, 2.75) is 13.5 Å². The summed E-state index contributed by atoms with van der Waals surface area (Å²) in [6.07, 6.45) is 1.51. The average molecular weight is 459 g/mol. The van der Waals surface area contributed by atoms with Gasteiger partial charge in [-0.15, -0.1) is 15.3 Å². The number of benzene rings is 1. The molecule has 34 heavy (non-hydrogen) atoms. The summed E-state index contributed by atoms with van der Waals surface area (Å²) in [5.41, 5.74) is 2.22. The van der Waals surface area contributed by atoms with Gasteiger partial charge in [-0.2, -0.15) is 4.52 Å². The molecule has 0 bridgehead atoms. The lowest BCUT2D eigenvalue weighted by Gasteiger charge is -2.10. The lowest BCUT2D eigenvalue weighted by molar-refractivity contribution is 0.0936. The van der Waals surface area contributed by atoms with E-state index in [0.717, 1.165) is 10.8 Å². The molecule has 4 heterocycles. The van der Waals surface area contributed by atoms with Crippen molar-refractivity contribution in [1.29, 1.82) is 0 Å². The van der Waals surface area contributed by atoms with E-state index in [0.29, 0.717) is 53.2 Å². The van der Waals surface area contributed by atoms with Crippen LogP contribution in [-0.2, 0) is 11.3 Å². The molecule has 5 rings (SSSR count). The molecule has 0 radical (unpaired) electrons. The van der Waals surface area contributed by atoms with Crippen molar-refractivity contribution < 1.29 is 18.8 Å². The summed E-state index contributed by atoms with van der Waals surface area (Å²) in [6.45, 7) is 2.84. The van der Waals surface area contributed by atoms with Gasteiger partial charge in [0.15, 0.2) is 11.3 Å². The Bertz CT molecular complexity index is 1460. The zero-order valence-corrected chi connectivity index (χ0v) is 18.6. The number of hydrogen-bond acceptors (Lipinski definition) is 9. The number of ether oxygens (including phenoxy) is 2. The van der Waals surface area contributed by atoms with Crippen molar-refractivity contribution in [3.63, 3.8) is 0 Å². The van der Waals surface area contributed by atoms with Crippen LogP contribution in [0.2, 0.25) is 0 Å². The second-order valence-corrected chi connectivity index (χ2v) is 7.51. The molecule has 0 aliphatic rings.